The Kier molecular flexibility index (Phi) is 13.9. The third-order valence-electron chi connectivity index (χ3n) is 5.17. The monoisotopic (exact) mass is 502 g/mol. The molecule has 6 unspecified atom stereocenters. The van der Waals surface area contributed by atoms with Gasteiger partial charge in [0.05, 0.1) is 18.6 Å². The third kappa shape index (κ3) is 12.0. The van der Waals surface area contributed by atoms with Crippen molar-refractivity contribution in [2.24, 2.45) is 33.8 Å². The second kappa shape index (κ2) is 15.4. The zero-order valence-corrected chi connectivity index (χ0v) is 20.2. The van der Waals surface area contributed by atoms with E-state index in [4.69, 9.17) is 22.9 Å². The summed E-state index contributed by atoms with van der Waals surface area (Å²) in [7, 11) is 0. The number of aliphatic imine (C=N–C) groups is 1. The minimum atomic E-state index is -1.50. The fourth-order valence-corrected chi connectivity index (χ4v) is 2.94. The van der Waals surface area contributed by atoms with Crippen molar-refractivity contribution in [3.63, 3.8) is 0 Å². The van der Waals surface area contributed by atoms with Crippen LogP contribution in [0, 0.1) is 5.92 Å². The second-order valence-electron chi connectivity index (χ2n) is 8.22. The average molecular weight is 503 g/mol. The van der Waals surface area contributed by atoms with E-state index in [0.29, 0.717) is 6.42 Å². The van der Waals surface area contributed by atoms with E-state index in [0.717, 1.165) is 0 Å². The summed E-state index contributed by atoms with van der Waals surface area (Å²) < 4.78 is 0. The number of carboxylic acid groups (broad SMARTS) is 1. The number of primary amides is 1. The van der Waals surface area contributed by atoms with Gasteiger partial charge in [-0.3, -0.25) is 24.2 Å². The molecule has 15 nitrogen and oxygen atoms in total. The van der Waals surface area contributed by atoms with Gasteiger partial charge in [-0.1, -0.05) is 20.3 Å². The van der Waals surface area contributed by atoms with Crippen LogP contribution in [-0.2, 0) is 24.0 Å². The van der Waals surface area contributed by atoms with Crippen molar-refractivity contribution in [3.05, 3.63) is 0 Å². The molecule has 200 valence electrons. The fourth-order valence-electron chi connectivity index (χ4n) is 2.94. The van der Waals surface area contributed by atoms with Gasteiger partial charge in [0.1, 0.15) is 18.1 Å². The lowest BCUT2D eigenvalue weighted by molar-refractivity contribution is -0.143. The molecule has 0 aromatic heterocycles. The van der Waals surface area contributed by atoms with Gasteiger partial charge in [-0.25, -0.2) is 4.79 Å². The molecule has 0 aromatic rings. The van der Waals surface area contributed by atoms with Crippen molar-refractivity contribution in [1.29, 1.82) is 0 Å². The minimum absolute atomic E-state index is 0.0309. The molecule has 0 aliphatic heterocycles. The molecule has 4 amide bonds. The zero-order valence-electron chi connectivity index (χ0n) is 20.2. The van der Waals surface area contributed by atoms with Crippen molar-refractivity contribution < 1.29 is 34.2 Å². The number of aliphatic hydroxyl groups excluding tert-OH is 1. The SMILES string of the molecule is CCC(C)C(NC(=O)C(NC(=O)C(N)CC(N)=O)C(C)O)C(=O)NC(CCCN=C(N)N)C(=O)O. The Morgan fingerprint density at radius 3 is 1.91 bits per heavy atom. The number of aliphatic carboxylic acids is 1. The highest BCUT2D eigenvalue weighted by Crippen LogP contribution is 2.10. The van der Waals surface area contributed by atoms with E-state index in [1.54, 1.807) is 13.8 Å². The van der Waals surface area contributed by atoms with Crippen molar-refractivity contribution >= 4 is 35.6 Å². The summed E-state index contributed by atoms with van der Waals surface area (Å²) in [6.07, 6.45) is -1.11. The molecular weight excluding hydrogens is 464 g/mol. The van der Waals surface area contributed by atoms with E-state index < -0.39 is 72.2 Å². The Hall–Kier alpha value is -3.46. The van der Waals surface area contributed by atoms with Crippen LogP contribution in [-0.4, -0.2) is 82.6 Å². The molecule has 0 radical (unpaired) electrons. The maximum Gasteiger partial charge on any atom is 0.326 e. The Labute approximate surface area is 203 Å². The highest BCUT2D eigenvalue weighted by atomic mass is 16.4. The molecule has 0 aliphatic rings. The molecule has 0 aromatic carbocycles. The summed E-state index contributed by atoms with van der Waals surface area (Å²) in [6, 6.07) is -5.29. The van der Waals surface area contributed by atoms with Gasteiger partial charge in [0, 0.05) is 6.54 Å². The molecule has 0 heterocycles. The number of carbonyl (C=O) groups excluding carboxylic acids is 4. The Balaban J connectivity index is 5.45. The lowest BCUT2D eigenvalue weighted by Gasteiger charge is -2.29. The summed E-state index contributed by atoms with van der Waals surface area (Å²) in [6.45, 7) is 4.83. The number of nitrogens with one attached hydrogen (secondary N) is 3. The number of hydrogen-bond acceptors (Lipinski definition) is 8. The van der Waals surface area contributed by atoms with Crippen LogP contribution in [0.4, 0.5) is 0 Å². The van der Waals surface area contributed by atoms with Crippen LogP contribution in [0.1, 0.15) is 46.5 Å². The van der Waals surface area contributed by atoms with Crippen LogP contribution in [0.15, 0.2) is 4.99 Å². The van der Waals surface area contributed by atoms with Gasteiger partial charge in [0.15, 0.2) is 5.96 Å². The summed E-state index contributed by atoms with van der Waals surface area (Å²) >= 11 is 0. The van der Waals surface area contributed by atoms with Crippen LogP contribution in [0.25, 0.3) is 0 Å². The van der Waals surface area contributed by atoms with Gasteiger partial charge in [0.25, 0.3) is 0 Å². The molecule has 0 fully saturated rings. The number of nitrogens with two attached hydrogens (primary N) is 4. The number of aliphatic hydroxyl groups is 1. The number of hydrogen-bond donors (Lipinski definition) is 9. The topological polar surface area (TPSA) is 278 Å². The van der Waals surface area contributed by atoms with Gasteiger partial charge in [-0.05, 0) is 25.7 Å². The van der Waals surface area contributed by atoms with Gasteiger partial charge in [0.2, 0.25) is 23.6 Å². The number of carbonyl (C=O) groups is 5. The van der Waals surface area contributed by atoms with E-state index in [9.17, 15) is 34.2 Å². The summed E-state index contributed by atoms with van der Waals surface area (Å²) in [5, 5.41) is 26.5. The summed E-state index contributed by atoms with van der Waals surface area (Å²) in [5.74, 6) is -5.25. The van der Waals surface area contributed by atoms with Crippen LogP contribution in [0.2, 0.25) is 0 Å². The van der Waals surface area contributed by atoms with Gasteiger partial charge < -0.3 is 49.1 Å². The van der Waals surface area contributed by atoms with Crippen LogP contribution < -0.4 is 38.9 Å². The molecule has 0 bridgehead atoms. The number of nitrogens with zero attached hydrogens (tertiary/aromatic N) is 1. The number of rotatable bonds is 16. The largest absolute Gasteiger partial charge is 0.480 e. The van der Waals surface area contributed by atoms with E-state index in [1.165, 1.54) is 6.92 Å². The first-order chi connectivity index (χ1) is 16.2. The first-order valence-electron chi connectivity index (χ1n) is 11.1. The van der Waals surface area contributed by atoms with Crippen molar-refractivity contribution in [3.8, 4) is 0 Å². The Morgan fingerprint density at radius 1 is 0.914 bits per heavy atom. The molecule has 35 heavy (non-hydrogen) atoms. The Morgan fingerprint density at radius 2 is 1.46 bits per heavy atom. The second-order valence-corrected chi connectivity index (χ2v) is 8.22. The van der Waals surface area contributed by atoms with Crippen LogP contribution >= 0.6 is 0 Å². The van der Waals surface area contributed by atoms with Gasteiger partial charge in [-0.2, -0.15) is 0 Å². The first-order valence-corrected chi connectivity index (χ1v) is 11.1. The van der Waals surface area contributed by atoms with E-state index in [2.05, 4.69) is 20.9 Å². The third-order valence-corrected chi connectivity index (χ3v) is 5.17. The molecular formula is C20H38N8O7. The van der Waals surface area contributed by atoms with E-state index in [1.807, 2.05) is 0 Å². The first kappa shape index (κ1) is 31.5. The highest BCUT2D eigenvalue weighted by Gasteiger charge is 2.34. The van der Waals surface area contributed by atoms with E-state index >= 15 is 0 Å². The average Bonchev–Trinajstić information content (AvgIpc) is 2.75. The maximum absolute atomic E-state index is 12.9. The molecule has 13 N–H and O–H groups in total. The summed E-state index contributed by atoms with van der Waals surface area (Å²) in [4.78, 5) is 64.3. The van der Waals surface area contributed by atoms with Crippen LogP contribution in [0.5, 0.6) is 0 Å². The zero-order chi connectivity index (χ0) is 27.3. The molecule has 0 saturated carbocycles. The van der Waals surface area contributed by atoms with Crippen molar-refractivity contribution in [2.75, 3.05) is 6.54 Å². The lowest BCUT2D eigenvalue weighted by atomic mass is 9.96. The fraction of sp³-hybridized carbons (Fsp3) is 0.700. The van der Waals surface area contributed by atoms with Crippen molar-refractivity contribution in [1.82, 2.24) is 16.0 Å². The minimum Gasteiger partial charge on any atom is -0.480 e. The molecule has 15 heteroatoms. The molecule has 0 spiro atoms. The van der Waals surface area contributed by atoms with Gasteiger partial charge in [-0.15, -0.1) is 0 Å². The smallest absolute Gasteiger partial charge is 0.326 e. The van der Waals surface area contributed by atoms with Gasteiger partial charge >= 0.3 is 5.97 Å². The standard InChI is InChI=1S/C20H38N8O7/c1-4-9(2)14(17(32)26-12(19(34)35)6-5-7-25-20(23)24)27-18(33)15(10(3)29)28-16(31)11(21)8-13(22)30/h9-12,14-15,29H,4-8,21H2,1-3H3,(H2,22,30)(H,26,32)(H,27,33)(H,28,31)(H,34,35)(H4,23,24,25). The number of carboxylic acids is 1. The maximum atomic E-state index is 12.9. The van der Waals surface area contributed by atoms with E-state index in [-0.39, 0.29) is 25.3 Å². The molecule has 6 atom stereocenters. The van der Waals surface area contributed by atoms with Crippen molar-refractivity contribution in [2.45, 2.75) is 76.7 Å². The lowest BCUT2D eigenvalue weighted by Crippen LogP contribution is -2.61. The normalized spacial score (nSPS) is 15.9. The predicted molar refractivity (Wildman–Crippen MR) is 126 cm³/mol. The molecule has 0 rings (SSSR count). The quantitative estimate of drug-likeness (QED) is 0.0563. The number of amides is 4. The molecule has 0 aliphatic carbocycles. The molecule has 0 saturated heterocycles. The highest BCUT2D eigenvalue weighted by molar-refractivity contribution is 5.95. The number of guanidine groups is 1. The summed E-state index contributed by atoms with van der Waals surface area (Å²) in [5.41, 5.74) is 21.0. The van der Waals surface area contributed by atoms with Crippen LogP contribution in [0.3, 0.4) is 0 Å². The predicted octanol–water partition coefficient (Wildman–Crippen LogP) is -3.79. The Bertz CT molecular complexity index is 785.